The molecule has 1 N–H and O–H groups in total. The summed E-state index contributed by atoms with van der Waals surface area (Å²) in [5.74, 6) is -0.513. The lowest BCUT2D eigenvalue weighted by Gasteiger charge is -2.32. The summed E-state index contributed by atoms with van der Waals surface area (Å²) in [6.45, 7) is 1.87. The molecule has 3 rings (SSSR count). The van der Waals surface area contributed by atoms with Gasteiger partial charge in [-0.05, 0) is 36.9 Å². The molecule has 1 saturated heterocycles. The standard InChI is InChI=1S/C18H19ClF3N3O2S/c19-15-7-12(18(20,21)22)8-25(17(15)27)11-16(26)23-13-3-1-5-24(9-13)10-14-4-2-6-28-14/h2,4,6-8,13H,1,3,5,9-11H2,(H,23,26). The van der Waals surface area contributed by atoms with Crippen molar-refractivity contribution in [2.75, 3.05) is 13.1 Å². The van der Waals surface area contributed by atoms with Crippen LogP contribution in [0.1, 0.15) is 23.3 Å². The van der Waals surface area contributed by atoms with Crippen LogP contribution in [0.5, 0.6) is 0 Å². The van der Waals surface area contributed by atoms with Gasteiger partial charge in [0.15, 0.2) is 0 Å². The minimum absolute atomic E-state index is 0.113. The molecule has 0 saturated carbocycles. The molecule has 0 spiro atoms. The van der Waals surface area contributed by atoms with Crippen LogP contribution in [-0.2, 0) is 24.1 Å². The van der Waals surface area contributed by atoms with Gasteiger partial charge in [0, 0.05) is 30.2 Å². The topological polar surface area (TPSA) is 54.3 Å². The Morgan fingerprint density at radius 1 is 1.39 bits per heavy atom. The number of hydrogen-bond acceptors (Lipinski definition) is 4. The molecule has 10 heteroatoms. The molecule has 3 heterocycles. The summed E-state index contributed by atoms with van der Waals surface area (Å²) < 4.78 is 39.4. The maximum absolute atomic E-state index is 12.9. The molecule has 152 valence electrons. The van der Waals surface area contributed by atoms with Gasteiger partial charge in [-0.15, -0.1) is 11.3 Å². The van der Waals surface area contributed by atoms with E-state index in [1.54, 1.807) is 11.3 Å². The van der Waals surface area contributed by atoms with E-state index in [2.05, 4.69) is 16.3 Å². The number of nitrogens with one attached hydrogen (secondary N) is 1. The number of likely N-dealkylation sites (tertiary alicyclic amines) is 1. The molecule has 5 nitrogen and oxygen atoms in total. The average Bonchev–Trinajstić information content (AvgIpc) is 3.11. The Balaban J connectivity index is 1.62. The van der Waals surface area contributed by atoms with Gasteiger partial charge < -0.3 is 9.88 Å². The zero-order valence-electron chi connectivity index (χ0n) is 14.8. The van der Waals surface area contributed by atoms with Crippen molar-refractivity contribution in [3.05, 3.63) is 55.6 Å². The Morgan fingerprint density at radius 3 is 2.86 bits per heavy atom. The zero-order chi connectivity index (χ0) is 20.3. The van der Waals surface area contributed by atoms with Crippen LogP contribution in [0.2, 0.25) is 5.02 Å². The molecule has 1 aliphatic rings. The van der Waals surface area contributed by atoms with Crippen LogP contribution >= 0.6 is 22.9 Å². The Hall–Kier alpha value is -1.84. The van der Waals surface area contributed by atoms with Crippen molar-refractivity contribution in [1.29, 1.82) is 0 Å². The maximum Gasteiger partial charge on any atom is 0.417 e. The van der Waals surface area contributed by atoms with Crippen molar-refractivity contribution in [3.63, 3.8) is 0 Å². The second-order valence-corrected chi connectivity index (χ2v) is 8.17. The summed E-state index contributed by atoms with van der Waals surface area (Å²) in [4.78, 5) is 27.8. The fourth-order valence-corrected chi connectivity index (χ4v) is 4.21. The summed E-state index contributed by atoms with van der Waals surface area (Å²) in [5.41, 5.74) is -1.89. The van der Waals surface area contributed by atoms with E-state index in [0.717, 1.165) is 25.9 Å². The predicted molar refractivity (Wildman–Crippen MR) is 101 cm³/mol. The van der Waals surface area contributed by atoms with Crippen molar-refractivity contribution in [2.24, 2.45) is 0 Å². The fourth-order valence-electron chi connectivity index (χ4n) is 3.24. The summed E-state index contributed by atoms with van der Waals surface area (Å²) in [7, 11) is 0. The number of halogens is 4. The summed E-state index contributed by atoms with van der Waals surface area (Å²) in [6.07, 6.45) is -2.34. The van der Waals surface area contributed by atoms with Crippen LogP contribution in [0, 0.1) is 0 Å². The molecule has 28 heavy (non-hydrogen) atoms. The predicted octanol–water partition coefficient (Wildman–Crippen LogP) is 3.36. The highest BCUT2D eigenvalue weighted by atomic mass is 35.5. The number of piperidine rings is 1. The number of alkyl halides is 3. The highest BCUT2D eigenvalue weighted by molar-refractivity contribution is 7.09. The Bertz CT molecular complexity index is 883. The number of hydrogen-bond donors (Lipinski definition) is 1. The highest BCUT2D eigenvalue weighted by Gasteiger charge is 2.32. The van der Waals surface area contributed by atoms with Gasteiger partial charge in [-0.2, -0.15) is 13.2 Å². The molecule has 0 bridgehead atoms. The summed E-state index contributed by atoms with van der Waals surface area (Å²) in [6, 6.07) is 4.50. The zero-order valence-corrected chi connectivity index (χ0v) is 16.4. The average molecular weight is 434 g/mol. The van der Waals surface area contributed by atoms with E-state index < -0.39 is 34.8 Å². The van der Waals surface area contributed by atoms with Crippen molar-refractivity contribution in [2.45, 2.75) is 38.1 Å². The lowest BCUT2D eigenvalue weighted by molar-refractivity contribution is -0.138. The maximum atomic E-state index is 12.9. The van der Waals surface area contributed by atoms with Crippen LogP contribution in [0.15, 0.2) is 34.6 Å². The van der Waals surface area contributed by atoms with E-state index in [9.17, 15) is 22.8 Å². The quantitative estimate of drug-likeness (QED) is 0.786. The van der Waals surface area contributed by atoms with Crippen molar-refractivity contribution in [1.82, 2.24) is 14.8 Å². The van der Waals surface area contributed by atoms with Gasteiger partial charge in [0.2, 0.25) is 5.91 Å². The van der Waals surface area contributed by atoms with Gasteiger partial charge in [-0.3, -0.25) is 14.5 Å². The number of carbonyl (C=O) groups is 1. The van der Waals surface area contributed by atoms with Crippen molar-refractivity contribution in [3.8, 4) is 0 Å². The Kier molecular flexibility index (Phi) is 6.47. The second kappa shape index (κ2) is 8.67. The molecular weight excluding hydrogens is 415 g/mol. The molecule has 1 aliphatic heterocycles. The number of amides is 1. The molecule has 1 atom stereocenters. The second-order valence-electron chi connectivity index (χ2n) is 6.73. The first-order chi connectivity index (χ1) is 13.2. The molecule has 2 aromatic rings. The molecule has 1 unspecified atom stereocenters. The number of thiophene rings is 1. The molecule has 2 aromatic heterocycles. The van der Waals surface area contributed by atoms with Crippen molar-refractivity contribution >= 4 is 28.8 Å². The summed E-state index contributed by atoms with van der Waals surface area (Å²) >= 11 is 7.28. The van der Waals surface area contributed by atoms with Crippen LogP contribution in [0.25, 0.3) is 0 Å². The van der Waals surface area contributed by atoms with Crippen LogP contribution in [0.4, 0.5) is 13.2 Å². The van der Waals surface area contributed by atoms with E-state index in [1.165, 1.54) is 4.88 Å². The molecule has 1 fully saturated rings. The SMILES string of the molecule is O=C(Cn1cc(C(F)(F)F)cc(Cl)c1=O)NC1CCCN(Cc2cccs2)C1. The van der Waals surface area contributed by atoms with E-state index in [1.807, 2.05) is 11.4 Å². The van der Waals surface area contributed by atoms with E-state index in [4.69, 9.17) is 11.6 Å². The number of aromatic nitrogens is 1. The first kappa shape index (κ1) is 20.9. The lowest BCUT2D eigenvalue weighted by atomic mass is 10.1. The van der Waals surface area contributed by atoms with Gasteiger partial charge in [-0.1, -0.05) is 17.7 Å². The normalized spacial score (nSPS) is 18.2. The minimum atomic E-state index is -4.65. The number of rotatable bonds is 5. The minimum Gasteiger partial charge on any atom is -0.351 e. The van der Waals surface area contributed by atoms with Crippen LogP contribution in [-0.4, -0.2) is 34.5 Å². The molecular formula is C18H19ClF3N3O2S. The molecule has 0 radical (unpaired) electrons. The first-order valence-corrected chi connectivity index (χ1v) is 9.99. The Labute approximate surface area is 168 Å². The Morgan fingerprint density at radius 2 is 2.18 bits per heavy atom. The monoisotopic (exact) mass is 433 g/mol. The molecule has 0 aliphatic carbocycles. The van der Waals surface area contributed by atoms with Gasteiger partial charge >= 0.3 is 6.18 Å². The highest BCUT2D eigenvalue weighted by Crippen LogP contribution is 2.29. The van der Waals surface area contributed by atoms with Gasteiger partial charge in [0.25, 0.3) is 5.56 Å². The smallest absolute Gasteiger partial charge is 0.351 e. The fraction of sp³-hybridized carbons (Fsp3) is 0.444. The first-order valence-electron chi connectivity index (χ1n) is 8.73. The number of carbonyl (C=O) groups excluding carboxylic acids is 1. The van der Waals surface area contributed by atoms with Gasteiger partial charge in [0.05, 0.1) is 5.56 Å². The van der Waals surface area contributed by atoms with E-state index in [-0.39, 0.29) is 6.04 Å². The van der Waals surface area contributed by atoms with E-state index in [0.29, 0.717) is 23.4 Å². The summed E-state index contributed by atoms with van der Waals surface area (Å²) in [5, 5.41) is 4.26. The largest absolute Gasteiger partial charge is 0.417 e. The van der Waals surface area contributed by atoms with Gasteiger partial charge in [0.1, 0.15) is 11.6 Å². The van der Waals surface area contributed by atoms with Gasteiger partial charge in [-0.25, -0.2) is 0 Å². The third-order valence-corrected chi connectivity index (χ3v) is 5.65. The van der Waals surface area contributed by atoms with Crippen molar-refractivity contribution < 1.29 is 18.0 Å². The lowest BCUT2D eigenvalue weighted by Crippen LogP contribution is -2.48. The van der Waals surface area contributed by atoms with Crippen LogP contribution in [0.3, 0.4) is 0 Å². The van der Waals surface area contributed by atoms with Crippen LogP contribution < -0.4 is 10.9 Å². The number of pyridine rings is 1. The molecule has 1 amide bonds. The third-order valence-electron chi connectivity index (χ3n) is 4.51. The number of nitrogens with zero attached hydrogens (tertiary/aromatic N) is 2. The molecule has 0 aromatic carbocycles. The van der Waals surface area contributed by atoms with E-state index >= 15 is 0 Å². The third kappa shape index (κ3) is 5.36.